The Morgan fingerprint density at radius 3 is 2.50 bits per heavy atom. The van der Waals surface area contributed by atoms with Crippen molar-refractivity contribution in [1.82, 2.24) is 15.2 Å². The lowest BCUT2D eigenvalue weighted by Gasteiger charge is -2.16. The van der Waals surface area contributed by atoms with Crippen LogP contribution < -0.4 is 0 Å². The molecule has 68 valence electrons. The number of H-pyrrole nitrogens is 1. The highest BCUT2D eigenvalue weighted by molar-refractivity contribution is 6.28. The fourth-order valence-corrected chi connectivity index (χ4v) is 1.02. The highest BCUT2D eigenvalue weighted by Crippen LogP contribution is 2.20. The molecule has 0 spiro atoms. The van der Waals surface area contributed by atoms with E-state index in [1.165, 1.54) is 0 Å². The summed E-state index contributed by atoms with van der Waals surface area (Å²) in [5.41, 5.74) is 0.333. The van der Waals surface area contributed by atoms with E-state index in [2.05, 4.69) is 36.0 Å². The number of nitrogens with one attached hydrogen (secondary N) is 1. The van der Waals surface area contributed by atoms with Gasteiger partial charge in [-0.3, -0.25) is 5.10 Å². The zero-order chi connectivity index (χ0) is 9.19. The van der Waals surface area contributed by atoms with Gasteiger partial charge in [-0.25, -0.2) is 4.98 Å². The number of rotatable bonds is 2. The van der Waals surface area contributed by atoms with Crippen LogP contribution >= 0.6 is 11.6 Å². The van der Waals surface area contributed by atoms with E-state index < -0.39 is 0 Å². The van der Waals surface area contributed by atoms with Crippen molar-refractivity contribution in [2.45, 2.75) is 33.6 Å². The molecule has 0 saturated heterocycles. The van der Waals surface area contributed by atoms with Crippen LogP contribution in [0.5, 0.6) is 0 Å². The van der Waals surface area contributed by atoms with Crippen LogP contribution in [0.4, 0.5) is 0 Å². The Balaban J connectivity index is 2.44. The predicted octanol–water partition coefficient (Wildman–Crippen LogP) is 2.44. The zero-order valence-corrected chi connectivity index (χ0v) is 8.44. The summed E-state index contributed by atoms with van der Waals surface area (Å²) in [4.78, 5) is 4.01. The molecular weight excluding hydrogens is 174 g/mol. The number of halogens is 1. The third-order valence-corrected chi connectivity index (χ3v) is 1.79. The molecule has 12 heavy (non-hydrogen) atoms. The van der Waals surface area contributed by atoms with Gasteiger partial charge < -0.3 is 0 Å². The minimum absolute atomic E-state index is 0.305. The smallest absolute Gasteiger partial charge is 0.242 e. The van der Waals surface area contributed by atoms with E-state index in [-0.39, 0.29) is 0 Å². The molecule has 4 heteroatoms. The summed E-state index contributed by atoms with van der Waals surface area (Å²) >= 11 is 5.56. The summed E-state index contributed by atoms with van der Waals surface area (Å²) in [6.45, 7) is 6.60. The number of aryl methyl sites for hydroxylation is 1. The lowest BCUT2D eigenvalue weighted by Crippen LogP contribution is -2.07. The summed E-state index contributed by atoms with van der Waals surface area (Å²) in [7, 11) is 0. The van der Waals surface area contributed by atoms with Crippen LogP contribution in [0.1, 0.15) is 33.0 Å². The molecule has 0 fully saturated rings. The lowest BCUT2D eigenvalue weighted by atomic mass is 9.90. The first kappa shape index (κ1) is 9.52. The molecule has 0 aromatic carbocycles. The van der Waals surface area contributed by atoms with Gasteiger partial charge in [0.25, 0.3) is 0 Å². The van der Waals surface area contributed by atoms with Gasteiger partial charge in [-0.05, 0) is 23.4 Å². The van der Waals surface area contributed by atoms with Crippen LogP contribution in [-0.2, 0) is 6.42 Å². The monoisotopic (exact) mass is 187 g/mol. The number of aromatic amines is 1. The first-order valence-corrected chi connectivity index (χ1v) is 4.42. The van der Waals surface area contributed by atoms with Crippen LogP contribution in [0, 0.1) is 5.41 Å². The van der Waals surface area contributed by atoms with Crippen LogP contribution in [-0.4, -0.2) is 15.2 Å². The number of hydrogen-bond donors (Lipinski definition) is 1. The van der Waals surface area contributed by atoms with E-state index in [1.807, 2.05) is 0 Å². The summed E-state index contributed by atoms with van der Waals surface area (Å²) in [5.74, 6) is 0.870. The minimum Gasteiger partial charge on any atom is -0.262 e. The van der Waals surface area contributed by atoms with Crippen LogP contribution in [0.2, 0.25) is 5.28 Å². The minimum atomic E-state index is 0.305. The van der Waals surface area contributed by atoms with Crippen molar-refractivity contribution < 1.29 is 0 Å². The van der Waals surface area contributed by atoms with Crippen molar-refractivity contribution in [1.29, 1.82) is 0 Å². The SMILES string of the molecule is CC(C)(C)CCc1nc(Cl)n[nH]1. The van der Waals surface area contributed by atoms with E-state index in [9.17, 15) is 0 Å². The molecule has 1 aromatic rings. The largest absolute Gasteiger partial charge is 0.262 e. The summed E-state index contributed by atoms with van der Waals surface area (Å²) in [5, 5.41) is 6.84. The third-order valence-electron chi connectivity index (χ3n) is 1.62. The van der Waals surface area contributed by atoms with Crippen molar-refractivity contribution in [2.75, 3.05) is 0 Å². The third kappa shape index (κ3) is 3.22. The second kappa shape index (κ2) is 3.44. The predicted molar refractivity (Wildman–Crippen MR) is 49.2 cm³/mol. The number of nitrogens with zero attached hydrogens (tertiary/aromatic N) is 2. The van der Waals surface area contributed by atoms with Crippen molar-refractivity contribution in [2.24, 2.45) is 5.41 Å². The van der Waals surface area contributed by atoms with E-state index in [0.29, 0.717) is 10.7 Å². The maximum Gasteiger partial charge on any atom is 0.242 e. The van der Waals surface area contributed by atoms with Crippen molar-refractivity contribution >= 4 is 11.6 Å². The van der Waals surface area contributed by atoms with E-state index in [4.69, 9.17) is 11.6 Å². The Labute approximate surface area is 77.5 Å². The second-order valence-corrected chi connectivity index (χ2v) is 4.45. The molecule has 1 rings (SSSR count). The molecule has 1 aromatic heterocycles. The van der Waals surface area contributed by atoms with Gasteiger partial charge in [0, 0.05) is 6.42 Å². The van der Waals surface area contributed by atoms with Crippen molar-refractivity contribution in [3.8, 4) is 0 Å². The van der Waals surface area contributed by atoms with E-state index in [0.717, 1.165) is 18.7 Å². The molecule has 1 heterocycles. The van der Waals surface area contributed by atoms with Crippen LogP contribution in [0.15, 0.2) is 0 Å². The molecular formula is C8H14ClN3. The van der Waals surface area contributed by atoms with Gasteiger partial charge in [0.15, 0.2) is 0 Å². The fourth-order valence-electron chi connectivity index (χ4n) is 0.877. The van der Waals surface area contributed by atoms with Gasteiger partial charge >= 0.3 is 0 Å². The molecule has 0 bridgehead atoms. The quantitative estimate of drug-likeness (QED) is 0.773. The van der Waals surface area contributed by atoms with E-state index >= 15 is 0 Å². The van der Waals surface area contributed by atoms with E-state index in [1.54, 1.807) is 0 Å². The fraction of sp³-hybridized carbons (Fsp3) is 0.750. The normalized spacial score (nSPS) is 12.0. The molecule has 0 saturated carbocycles. The van der Waals surface area contributed by atoms with Gasteiger partial charge in [0.05, 0.1) is 0 Å². The summed E-state index contributed by atoms with van der Waals surface area (Å²) in [6, 6.07) is 0. The summed E-state index contributed by atoms with van der Waals surface area (Å²) < 4.78 is 0. The molecule has 0 unspecified atom stereocenters. The highest BCUT2D eigenvalue weighted by Gasteiger charge is 2.11. The maximum atomic E-state index is 5.56. The number of aromatic nitrogens is 3. The average Bonchev–Trinajstić information content (AvgIpc) is 2.30. The first-order valence-electron chi connectivity index (χ1n) is 4.04. The Hall–Kier alpha value is -0.570. The molecule has 0 aliphatic rings. The van der Waals surface area contributed by atoms with Crippen molar-refractivity contribution in [3.05, 3.63) is 11.1 Å². The molecule has 0 amide bonds. The zero-order valence-electron chi connectivity index (χ0n) is 7.69. The molecule has 0 radical (unpaired) electrons. The average molecular weight is 188 g/mol. The molecule has 1 N–H and O–H groups in total. The Morgan fingerprint density at radius 1 is 1.42 bits per heavy atom. The van der Waals surface area contributed by atoms with Crippen LogP contribution in [0.25, 0.3) is 0 Å². The molecule has 0 aliphatic heterocycles. The standard InChI is InChI=1S/C8H14ClN3/c1-8(2,3)5-4-6-10-7(9)12-11-6/h4-5H2,1-3H3,(H,10,11,12). The number of hydrogen-bond acceptors (Lipinski definition) is 2. The molecule has 0 atom stereocenters. The van der Waals surface area contributed by atoms with Crippen molar-refractivity contribution in [3.63, 3.8) is 0 Å². The van der Waals surface area contributed by atoms with Gasteiger partial charge in [-0.1, -0.05) is 20.8 Å². The van der Waals surface area contributed by atoms with Gasteiger partial charge in [0.2, 0.25) is 5.28 Å². The molecule has 3 nitrogen and oxygen atoms in total. The first-order chi connectivity index (χ1) is 5.47. The van der Waals surface area contributed by atoms with Gasteiger partial charge in [-0.2, -0.15) is 0 Å². The highest BCUT2D eigenvalue weighted by atomic mass is 35.5. The Morgan fingerprint density at radius 2 is 2.08 bits per heavy atom. The van der Waals surface area contributed by atoms with Gasteiger partial charge in [-0.15, -0.1) is 5.10 Å². The Kier molecular flexibility index (Phi) is 2.73. The van der Waals surface area contributed by atoms with Gasteiger partial charge in [0.1, 0.15) is 5.82 Å². The molecule has 0 aliphatic carbocycles. The Bertz CT molecular complexity index is 249. The van der Waals surface area contributed by atoms with Crippen LogP contribution in [0.3, 0.4) is 0 Å². The summed E-state index contributed by atoms with van der Waals surface area (Å²) in [6.07, 6.45) is 1.99. The second-order valence-electron chi connectivity index (χ2n) is 4.11. The topological polar surface area (TPSA) is 41.6 Å². The maximum absolute atomic E-state index is 5.56. The lowest BCUT2D eigenvalue weighted by molar-refractivity contribution is 0.374.